The molecule has 5 nitrogen and oxygen atoms in total. The molecule has 0 aromatic heterocycles. The molecule has 2 N–H and O–H groups in total. The molecule has 6 heteroatoms. The van der Waals surface area contributed by atoms with Crippen LogP contribution in [-0.2, 0) is 14.3 Å². The number of alkyl halides is 1. The Hall–Kier alpha value is -0.810. The van der Waals surface area contributed by atoms with Gasteiger partial charge in [-0.3, -0.25) is 9.59 Å². The first-order chi connectivity index (χ1) is 6.66. The van der Waals surface area contributed by atoms with Crippen molar-refractivity contribution in [3.05, 3.63) is 0 Å². The molecule has 0 aromatic rings. The van der Waals surface area contributed by atoms with Gasteiger partial charge in [0, 0.05) is 18.8 Å². The molecule has 1 unspecified atom stereocenters. The first kappa shape index (κ1) is 11.3. The molecule has 1 saturated heterocycles. The van der Waals surface area contributed by atoms with E-state index in [4.69, 9.17) is 22.1 Å². The highest BCUT2D eigenvalue weighted by molar-refractivity contribution is 6.18. The van der Waals surface area contributed by atoms with Crippen molar-refractivity contribution in [1.29, 1.82) is 0 Å². The van der Waals surface area contributed by atoms with E-state index in [0.717, 1.165) is 0 Å². The Morgan fingerprint density at radius 2 is 2.29 bits per heavy atom. The summed E-state index contributed by atoms with van der Waals surface area (Å²) in [4.78, 5) is 23.9. The molecular weight excluding hydrogens is 208 g/mol. The Morgan fingerprint density at radius 3 is 2.86 bits per heavy atom. The summed E-state index contributed by atoms with van der Waals surface area (Å²) >= 11 is 5.45. The second-order valence-electron chi connectivity index (χ2n) is 3.02. The summed E-state index contributed by atoms with van der Waals surface area (Å²) in [7, 11) is 0. The first-order valence-corrected chi connectivity index (χ1v) is 4.92. The third kappa shape index (κ3) is 2.59. The maximum atomic E-state index is 11.5. The summed E-state index contributed by atoms with van der Waals surface area (Å²) in [6, 6.07) is -0.639. The van der Waals surface area contributed by atoms with Gasteiger partial charge in [0.05, 0.1) is 13.2 Å². The minimum absolute atomic E-state index is 0.146. The molecule has 0 saturated carbocycles. The first-order valence-electron chi connectivity index (χ1n) is 4.39. The van der Waals surface area contributed by atoms with Crippen molar-refractivity contribution in [2.45, 2.75) is 12.5 Å². The van der Waals surface area contributed by atoms with Crippen LogP contribution in [0.4, 0.5) is 0 Å². The van der Waals surface area contributed by atoms with Gasteiger partial charge in [0.25, 0.3) is 0 Å². The van der Waals surface area contributed by atoms with Crippen molar-refractivity contribution in [3.8, 4) is 0 Å². The molecule has 14 heavy (non-hydrogen) atoms. The minimum Gasteiger partial charge on any atom is -0.377 e. The fourth-order valence-electron chi connectivity index (χ4n) is 1.36. The maximum absolute atomic E-state index is 11.5. The van der Waals surface area contributed by atoms with Crippen LogP contribution in [0.15, 0.2) is 0 Å². The number of ether oxygens (including phenoxy) is 1. The molecule has 0 aromatic carbocycles. The van der Waals surface area contributed by atoms with Gasteiger partial charge in [-0.2, -0.15) is 0 Å². The van der Waals surface area contributed by atoms with Gasteiger partial charge in [-0.05, 0) is 0 Å². The highest BCUT2D eigenvalue weighted by Gasteiger charge is 2.30. The van der Waals surface area contributed by atoms with E-state index in [1.807, 2.05) is 0 Å². The highest BCUT2D eigenvalue weighted by atomic mass is 35.5. The number of amides is 2. The average molecular weight is 221 g/mol. The monoisotopic (exact) mass is 220 g/mol. The maximum Gasteiger partial charge on any atom is 0.242 e. The molecule has 1 atom stereocenters. The minimum atomic E-state index is -0.639. The number of nitrogens with two attached hydrogens (primary N) is 1. The van der Waals surface area contributed by atoms with Gasteiger partial charge in [0.2, 0.25) is 11.8 Å². The molecular formula is C8H13ClN2O3. The largest absolute Gasteiger partial charge is 0.377 e. The third-order valence-electron chi connectivity index (χ3n) is 2.09. The normalized spacial score (nSPS) is 22.1. The van der Waals surface area contributed by atoms with Gasteiger partial charge in [0.15, 0.2) is 0 Å². The molecule has 0 spiro atoms. The van der Waals surface area contributed by atoms with E-state index in [1.54, 1.807) is 0 Å². The zero-order valence-corrected chi connectivity index (χ0v) is 8.50. The van der Waals surface area contributed by atoms with Gasteiger partial charge in [-0.25, -0.2) is 0 Å². The Labute approximate surface area is 87.1 Å². The number of carbonyl (C=O) groups is 2. The number of hydrogen-bond donors (Lipinski definition) is 1. The van der Waals surface area contributed by atoms with Crippen LogP contribution in [0, 0.1) is 0 Å². The molecule has 0 bridgehead atoms. The molecule has 1 aliphatic rings. The van der Waals surface area contributed by atoms with Crippen molar-refractivity contribution in [3.63, 3.8) is 0 Å². The second-order valence-corrected chi connectivity index (χ2v) is 3.40. The highest BCUT2D eigenvalue weighted by Crippen LogP contribution is 2.08. The van der Waals surface area contributed by atoms with Crippen molar-refractivity contribution in [1.82, 2.24) is 4.90 Å². The standard InChI is InChI=1S/C8H13ClN2O3/c9-2-1-7(12)11-3-4-14-5-6(11)8(10)13/h6H,1-5H2,(H2,10,13). The van der Waals surface area contributed by atoms with Crippen LogP contribution in [0.3, 0.4) is 0 Å². The number of halogens is 1. The molecule has 1 rings (SSSR count). The van der Waals surface area contributed by atoms with Crippen LogP contribution in [0.25, 0.3) is 0 Å². The summed E-state index contributed by atoms with van der Waals surface area (Å²) in [5.41, 5.74) is 5.15. The van der Waals surface area contributed by atoms with E-state index < -0.39 is 11.9 Å². The lowest BCUT2D eigenvalue weighted by Crippen LogP contribution is -2.54. The van der Waals surface area contributed by atoms with E-state index in [2.05, 4.69) is 0 Å². The molecule has 2 amide bonds. The topological polar surface area (TPSA) is 72.6 Å². The Balaban J connectivity index is 2.62. The third-order valence-corrected chi connectivity index (χ3v) is 2.27. The van der Waals surface area contributed by atoms with Crippen molar-refractivity contribution in [2.24, 2.45) is 5.73 Å². The van der Waals surface area contributed by atoms with Gasteiger partial charge in [-0.15, -0.1) is 11.6 Å². The quantitative estimate of drug-likeness (QED) is 0.641. The fraction of sp³-hybridized carbons (Fsp3) is 0.750. The van der Waals surface area contributed by atoms with Crippen LogP contribution in [-0.4, -0.2) is 48.4 Å². The van der Waals surface area contributed by atoms with Crippen molar-refractivity contribution >= 4 is 23.4 Å². The van der Waals surface area contributed by atoms with Gasteiger partial charge >= 0.3 is 0 Å². The summed E-state index contributed by atoms with van der Waals surface area (Å²) in [5, 5.41) is 0. The predicted molar refractivity (Wildman–Crippen MR) is 50.9 cm³/mol. The predicted octanol–water partition coefficient (Wildman–Crippen LogP) is -0.672. The molecule has 80 valence electrons. The lowest BCUT2D eigenvalue weighted by molar-refractivity contribution is -0.146. The van der Waals surface area contributed by atoms with Crippen LogP contribution in [0.5, 0.6) is 0 Å². The van der Waals surface area contributed by atoms with E-state index in [-0.39, 0.29) is 24.8 Å². The van der Waals surface area contributed by atoms with Crippen LogP contribution in [0.2, 0.25) is 0 Å². The Bertz CT molecular complexity index is 235. The van der Waals surface area contributed by atoms with Crippen LogP contribution < -0.4 is 5.73 Å². The lowest BCUT2D eigenvalue weighted by atomic mass is 10.2. The smallest absolute Gasteiger partial charge is 0.242 e. The molecule has 1 aliphatic heterocycles. The summed E-state index contributed by atoms with van der Waals surface area (Å²) in [5.74, 6) is -0.429. The van der Waals surface area contributed by atoms with Crippen LogP contribution in [0.1, 0.15) is 6.42 Å². The van der Waals surface area contributed by atoms with Crippen molar-refractivity contribution < 1.29 is 14.3 Å². The number of primary amides is 1. The fourth-order valence-corrected chi connectivity index (χ4v) is 1.52. The molecule has 1 fully saturated rings. The van der Waals surface area contributed by atoms with Crippen LogP contribution >= 0.6 is 11.6 Å². The SMILES string of the molecule is NC(=O)C1COCCN1C(=O)CCCl. The summed E-state index contributed by atoms with van der Waals surface area (Å²) < 4.78 is 5.07. The lowest BCUT2D eigenvalue weighted by Gasteiger charge is -2.33. The average Bonchev–Trinajstić information content (AvgIpc) is 2.18. The van der Waals surface area contributed by atoms with Crippen molar-refractivity contribution in [2.75, 3.05) is 25.6 Å². The van der Waals surface area contributed by atoms with Gasteiger partial charge in [-0.1, -0.05) is 0 Å². The Kier molecular flexibility index (Phi) is 4.16. The summed E-state index contributed by atoms with van der Waals surface area (Å²) in [6.07, 6.45) is 0.228. The Morgan fingerprint density at radius 1 is 1.57 bits per heavy atom. The summed E-state index contributed by atoms with van der Waals surface area (Å²) in [6.45, 7) is 1.03. The number of nitrogens with zero attached hydrogens (tertiary/aromatic N) is 1. The van der Waals surface area contributed by atoms with E-state index in [0.29, 0.717) is 13.2 Å². The number of rotatable bonds is 3. The molecule has 0 aliphatic carbocycles. The second kappa shape index (κ2) is 5.17. The number of morpholine rings is 1. The zero-order chi connectivity index (χ0) is 10.6. The van der Waals surface area contributed by atoms with E-state index in [1.165, 1.54) is 4.90 Å². The van der Waals surface area contributed by atoms with Gasteiger partial charge in [0.1, 0.15) is 6.04 Å². The zero-order valence-electron chi connectivity index (χ0n) is 7.74. The molecule has 1 heterocycles. The molecule has 0 radical (unpaired) electrons. The number of hydrogen-bond acceptors (Lipinski definition) is 3. The van der Waals surface area contributed by atoms with Gasteiger partial charge < -0.3 is 15.4 Å². The van der Waals surface area contributed by atoms with E-state index in [9.17, 15) is 9.59 Å². The number of carbonyl (C=O) groups excluding carboxylic acids is 2. The van der Waals surface area contributed by atoms with E-state index >= 15 is 0 Å².